The SMILES string of the molecule is O=C(O)c1ccc(NC(=O)c2cc(F)ccc2F)c(Br)c1. The Kier molecular flexibility index (Phi) is 4.32. The Morgan fingerprint density at radius 2 is 1.81 bits per heavy atom. The molecular formula is C14H8BrF2NO3. The van der Waals surface area contributed by atoms with Crippen LogP contribution in [0.4, 0.5) is 14.5 Å². The van der Waals surface area contributed by atoms with Crippen LogP contribution in [0.2, 0.25) is 0 Å². The van der Waals surface area contributed by atoms with E-state index < -0.39 is 29.1 Å². The van der Waals surface area contributed by atoms with E-state index in [1.807, 2.05) is 0 Å². The number of anilines is 1. The summed E-state index contributed by atoms with van der Waals surface area (Å²) < 4.78 is 26.8. The van der Waals surface area contributed by atoms with Gasteiger partial charge in [-0.2, -0.15) is 0 Å². The largest absolute Gasteiger partial charge is 0.478 e. The standard InChI is InChI=1S/C14H8BrF2NO3/c15-10-5-7(14(20)21)1-4-12(10)18-13(19)9-6-8(16)2-3-11(9)17/h1-6H,(H,18,19)(H,20,21). The van der Waals surface area contributed by atoms with E-state index >= 15 is 0 Å². The maximum Gasteiger partial charge on any atom is 0.335 e. The lowest BCUT2D eigenvalue weighted by atomic mass is 10.1. The van der Waals surface area contributed by atoms with E-state index in [9.17, 15) is 18.4 Å². The van der Waals surface area contributed by atoms with Crippen molar-refractivity contribution < 1.29 is 23.5 Å². The number of carboxylic acids is 1. The molecule has 7 heteroatoms. The molecule has 0 heterocycles. The van der Waals surface area contributed by atoms with E-state index in [1.54, 1.807) is 0 Å². The van der Waals surface area contributed by atoms with E-state index in [0.29, 0.717) is 4.47 Å². The summed E-state index contributed by atoms with van der Waals surface area (Å²) in [5, 5.41) is 11.2. The van der Waals surface area contributed by atoms with Gasteiger partial charge in [0, 0.05) is 4.47 Å². The molecule has 0 unspecified atom stereocenters. The molecule has 1 amide bonds. The molecule has 0 saturated heterocycles. The summed E-state index contributed by atoms with van der Waals surface area (Å²) in [6, 6.07) is 6.47. The fourth-order valence-corrected chi connectivity index (χ4v) is 2.09. The molecule has 0 aliphatic heterocycles. The molecule has 0 aliphatic rings. The van der Waals surface area contributed by atoms with Crippen molar-refractivity contribution in [2.45, 2.75) is 0 Å². The lowest BCUT2D eigenvalue weighted by Crippen LogP contribution is -2.14. The van der Waals surface area contributed by atoms with Crippen LogP contribution in [0.15, 0.2) is 40.9 Å². The van der Waals surface area contributed by atoms with Crippen LogP contribution in [-0.4, -0.2) is 17.0 Å². The maximum atomic E-state index is 13.5. The number of hydrogen-bond acceptors (Lipinski definition) is 2. The van der Waals surface area contributed by atoms with E-state index in [4.69, 9.17) is 5.11 Å². The summed E-state index contributed by atoms with van der Waals surface area (Å²) in [4.78, 5) is 22.7. The second kappa shape index (κ2) is 6.01. The fraction of sp³-hybridized carbons (Fsp3) is 0. The molecule has 2 aromatic carbocycles. The minimum absolute atomic E-state index is 0.0248. The summed E-state index contributed by atoms with van der Waals surface area (Å²) in [7, 11) is 0. The minimum atomic E-state index is -1.12. The van der Waals surface area contributed by atoms with Crippen LogP contribution >= 0.6 is 15.9 Å². The van der Waals surface area contributed by atoms with Crippen molar-refractivity contribution in [3.8, 4) is 0 Å². The van der Waals surface area contributed by atoms with Gasteiger partial charge in [0.1, 0.15) is 11.6 Å². The van der Waals surface area contributed by atoms with Crippen LogP contribution in [0.1, 0.15) is 20.7 Å². The van der Waals surface area contributed by atoms with Gasteiger partial charge in [-0.15, -0.1) is 0 Å². The lowest BCUT2D eigenvalue weighted by Gasteiger charge is -2.09. The normalized spacial score (nSPS) is 10.2. The van der Waals surface area contributed by atoms with Gasteiger partial charge in [-0.05, 0) is 52.3 Å². The van der Waals surface area contributed by atoms with Crippen LogP contribution in [0.5, 0.6) is 0 Å². The monoisotopic (exact) mass is 355 g/mol. The number of benzene rings is 2. The first-order chi connectivity index (χ1) is 9.88. The number of amides is 1. The minimum Gasteiger partial charge on any atom is -0.478 e. The predicted octanol–water partition coefficient (Wildman–Crippen LogP) is 3.68. The van der Waals surface area contributed by atoms with Crippen LogP contribution in [-0.2, 0) is 0 Å². The Balaban J connectivity index is 2.27. The molecule has 0 radical (unpaired) electrons. The zero-order chi connectivity index (χ0) is 15.6. The molecule has 0 atom stereocenters. The van der Waals surface area contributed by atoms with Crippen molar-refractivity contribution in [3.63, 3.8) is 0 Å². The summed E-state index contributed by atoms with van der Waals surface area (Å²) in [5.74, 6) is -3.55. The Morgan fingerprint density at radius 1 is 1.10 bits per heavy atom. The number of aromatic carboxylic acids is 1. The molecular weight excluding hydrogens is 348 g/mol. The lowest BCUT2D eigenvalue weighted by molar-refractivity contribution is 0.0696. The summed E-state index contributed by atoms with van der Waals surface area (Å²) in [6.45, 7) is 0. The van der Waals surface area contributed by atoms with Gasteiger partial charge in [-0.25, -0.2) is 13.6 Å². The Hall–Kier alpha value is -2.28. The third kappa shape index (κ3) is 3.43. The second-order valence-corrected chi connectivity index (χ2v) is 4.93. The Bertz CT molecular complexity index is 734. The number of rotatable bonds is 3. The van der Waals surface area contributed by atoms with Gasteiger partial charge >= 0.3 is 5.97 Å². The van der Waals surface area contributed by atoms with Crippen LogP contribution in [0, 0.1) is 11.6 Å². The highest BCUT2D eigenvalue weighted by atomic mass is 79.9. The number of carbonyl (C=O) groups is 2. The molecule has 108 valence electrons. The third-order valence-corrected chi connectivity index (χ3v) is 3.29. The van der Waals surface area contributed by atoms with Crippen molar-refractivity contribution in [1.82, 2.24) is 0 Å². The number of carbonyl (C=O) groups excluding carboxylic acids is 1. The van der Waals surface area contributed by atoms with E-state index in [2.05, 4.69) is 21.2 Å². The van der Waals surface area contributed by atoms with Gasteiger partial charge in [0.15, 0.2) is 0 Å². The molecule has 4 nitrogen and oxygen atoms in total. The molecule has 0 spiro atoms. The van der Waals surface area contributed by atoms with Gasteiger partial charge < -0.3 is 10.4 Å². The van der Waals surface area contributed by atoms with E-state index in [1.165, 1.54) is 18.2 Å². The van der Waals surface area contributed by atoms with Gasteiger partial charge in [0.2, 0.25) is 0 Å². The first kappa shape index (κ1) is 15.1. The molecule has 2 aromatic rings. The first-order valence-corrected chi connectivity index (χ1v) is 6.47. The smallest absolute Gasteiger partial charge is 0.335 e. The van der Waals surface area contributed by atoms with E-state index in [0.717, 1.165) is 18.2 Å². The number of halogens is 3. The average Bonchev–Trinajstić information content (AvgIpc) is 2.43. The Morgan fingerprint density at radius 3 is 2.43 bits per heavy atom. The maximum absolute atomic E-state index is 13.5. The predicted molar refractivity (Wildman–Crippen MR) is 75.4 cm³/mol. The topological polar surface area (TPSA) is 66.4 Å². The molecule has 0 aliphatic carbocycles. The van der Waals surface area contributed by atoms with Gasteiger partial charge in [0.05, 0.1) is 16.8 Å². The molecule has 0 saturated carbocycles. The number of hydrogen-bond donors (Lipinski definition) is 2. The third-order valence-electron chi connectivity index (χ3n) is 2.64. The zero-order valence-corrected chi connectivity index (χ0v) is 11.9. The number of nitrogens with one attached hydrogen (secondary N) is 1. The van der Waals surface area contributed by atoms with Crippen molar-refractivity contribution >= 4 is 33.5 Å². The molecule has 2 N–H and O–H groups in total. The molecule has 2 rings (SSSR count). The van der Waals surface area contributed by atoms with Gasteiger partial charge in [-0.1, -0.05) is 0 Å². The summed E-state index contributed by atoms with van der Waals surface area (Å²) >= 11 is 3.10. The fourth-order valence-electron chi connectivity index (χ4n) is 1.61. The molecule has 21 heavy (non-hydrogen) atoms. The molecule has 0 aromatic heterocycles. The van der Waals surface area contributed by atoms with Crippen molar-refractivity contribution in [1.29, 1.82) is 0 Å². The number of carboxylic acid groups (broad SMARTS) is 1. The Labute approximate surface area is 126 Å². The van der Waals surface area contributed by atoms with Crippen molar-refractivity contribution in [3.05, 3.63) is 63.6 Å². The summed E-state index contributed by atoms with van der Waals surface area (Å²) in [5.41, 5.74) is -0.172. The molecule has 0 fully saturated rings. The highest BCUT2D eigenvalue weighted by Crippen LogP contribution is 2.24. The summed E-state index contributed by atoms with van der Waals surface area (Å²) in [6.07, 6.45) is 0. The van der Waals surface area contributed by atoms with E-state index in [-0.39, 0.29) is 11.3 Å². The van der Waals surface area contributed by atoms with Crippen LogP contribution in [0.3, 0.4) is 0 Å². The van der Waals surface area contributed by atoms with Crippen LogP contribution in [0.25, 0.3) is 0 Å². The van der Waals surface area contributed by atoms with Crippen molar-refractivity contribution in [2.75, 3.05) is 5.32 Å². The quantitative estimate of drug-likeness (QED) is 0.882. The first-order valence-electron chi connectivity index (χ1n) is 5.67. The zero-order valence-electron chi connectivity index (χ0n) is 10.4. The average molecular weight is 356 g/mol. The van der Waals surface area contributed by atoms with Gasteiger partial charge in [0.25, 0.3) is 5.91 Å². The van der Waals surface area contributed by atoms with Gasteiger partial charge in [-0.3, -0.25) is 4.79 Å². The highest BCUT2D eigenvalue weighted by Gasteiger charge is 2.15. The van der Waals surface area contributed by atoms with Crippen molar-refractivity contribution in [2.24, 2.45) is 0 Å². The second-order valence-electron chi connectivity index (χ2n) is 4.08. The van der Waals surface area contributed by atoms with Crippen LogP contribution < -0.4 is 5.32 Å². The molecule has 0 bridgehead atoms. The highest BCUT2D eigenvalue weighted by molar-refractivity contribution is 9.10.